The summed E-state index contributed by atoms with van der Waals surface area (Å²) in [5, 5.41) is 153. The molecule has 2 amide bonds. The third kappa shape index (κ3) is 11.0. The summed E-state index contributed by atoms with van der Waals surface area (Å²) >= 11 is 0. The van der Waals surface area contributed by atoms with Gasteiger partial charge >= 0.3 is 0 Å². The summed E-state index contributed by atoms with van der Waals surface area (Å²) < 4.78 is 51.6. The largest absolute Gasteiger partial charge is 0.394 e. The SMILES string of the molecule is CC(=O)NC1C(O)[C@H](O[C@@H]2OC(CO[C@H]3OC(CO)[C@@H](O)C(O)C3O)[C@@H](O)C(OC3OC(CO)C(O)C(O)C3O)C2O)C(CO)O[C@H]1O[C@@H]1C(CO)O[C@@H](C)C(NC(C)=O)C1O. The first-order valence-corrected chi connectivity index (χ1v) is 19.9. The molecule has 0 aromatic heterocycles. The summed E-state index contributed by atoms with van der Waals surface area (Å²) in [6, 6.07) is -2.68. The van der Waals surface area contributed by atoms with Gasteiger partial charge in [0, 0.05) is 13.8 Å². The Morgan fingerprint density at radius 3 is 1.37 bits per heavy atom. The smallest absolute Gasteiger partial charge is 0.217 e. The van der Waals surface area contributed by atoms with E-state index < -0.39 is 198 Å². The maximum absolute atomic E-state index is 12.5. The van der Waals surface area contributed by atoms with Crippen molar-refractivity contribution < 1.29 is 124 Å². The molecule has 0 aliphatic carbocycles. The van der Waals surface area contributed by atoms with Crippen LogP contribution in [0.1, 0.15) is 20.8 Å². The van der Waals surface area contributed by atoms with Crippen molar-refractivity contribution >= 4 is 11.8 Å². The molecule has 0 aromatic rings. The lowest BCUT2D eigenvalue weighted by molar-refractivity contribution is -0.383. The Balaban J connectivity index is 1.41. The molecule has 5 heterocycles. The normalized spacial score (nSPS) is 49.0. The van der Waals surface area contributed by atoms with E-state index in [0.717, 1.165) is 6.92 Å². The molecule has 16 N–H and O–H groups in total. The highest BCUT2D eigenvalue weighted by Gasteiger charge is 2.56. The van der Waals surface area contributed by atoms with Gasteiger partial charge in [-0.3, -0.25) is 9.59 Å². The van der Waals surface area contributed by atoms with Gasteiger partial charge in [0.25, 0.3) is 0 Å². The predicted octanol–water partition coefficient (Wildman–Crippen LogP) is -10.6. The van der Waals surface area contributed by atoms with Crippen molar-refractivity contribution in [2.45, 2.75) is 174 Å². The second-order valence-corrected chi connectivity index (χ2v) is 15.8. The zero-order chi connectivity index (χ0) is 45.9. The molecule has 0 spiro atoms. The van der Waals surface area contributed by atoms with Crippen molar-refractivity contribution in [3.8, 4) is 0 Å². The summed E-state index contributed by atoms with van der Waals surface area (Å²) in [4.78, 5) is 24.4. The van der Waals surface area contributed by atoms with Crippen LogP contribution in [0.2, 0.25) is 0 Å². The maximum Gasteiger partial charge on any atom is 0.217 e. The Labute approximate surface area is 353 Å². The van der Waals surface area contributed by atoms with Crippen LogP contribution in [0.25, 0.3) is 0 Å². The van der Waals surface area contributed by atoms with Crippen LogP contribution in [-0.2, 0) is 52.2 Å². The van der Waals surface area contributed by atoms with Crippen LogP contribution in [-0.4, -0.2) is 270 Å². The van der Waals surface area contributed by atoms with E-state index in [1.165, 1.54) is 13.8 Å². The number of aliphatic hydroxyl groups excluding tert-OH is 14. The number of carbonyl (C=O) groups excluding carboxylic acids is 2. The van der Waals surface area contributed by atoms with E-state index in [4.69, 9.17) is 42.6 Å². The summed E-state index contributed by atoms with van der Waals surface area (Å²) in [5.41, 5.74) is 0. The van der Waals surface area contributed by atoms with E-state index in [1.807, 2.05) is 0 Å². The van der Waals surface area contributed by atoms with Crippen molar-refractivity contribution in [1.82, 2.24) is 10.6 Å². The highest BCUT2D eigenvalue weighted by Crippen LogP contribution is 2.35. The number of aliphatic hydroxyl groups is 14. The Hall–Kier alpha value is -1.98. The zero-order valence-corrected chi connectivity index (χ0v) is 33.7. The van der Waals surface area contributed by atoms with Crippen LogP contribution in [0.5, 0.6) is 0 Å². The molecule has 5 saturated heterocycles. The van der Waals surface area contributed by atoms with E-state index in [1.54, 1.807) is 0 Å². The standard InChI is InChI=1S/C35H60N2O25/c1-9-17(36-10(2)42)22(47)29(14(6-40)55-9)60-32-18(37-11(3)43)23(48)30(15(7-41)58-32)61-35-28(53)31(62-34-27(52)25(50)20(45)13(5-39)57-34)21(46)16(59-35)8-54-33-26(51)24(49)19(44)12(4-38)56-33/h9,12-35,38-41,44-53H,4-8H2,1-3H3,(H,36,42)(H,37,43)/t9-,12?,13?,14?,15?,16?,17?,18?,19+,20?,21+,22?,23?,24?,25?,26?,27?,28?,29+,30+,31?,32-,33-,34?,35-/m0/s1. The average Bonchev–Trinajstić information content (AvgIpc) is 3.23. The minimum Gasteiger partial charge on any atom is -0.394 e. The fourth-order valence-electron chi connectivity index (χ4n) is 7.98. The van der Waals surface area contributed by atoms with Gasteiger partial charge in [-0.25, -0.2) is 0 Å². The Kier molecular flexibility index (Phi) is 18.1. The number of carbonyl (C=O) groups is 2. The van der Waals surface area contributed by atoms with Gasteiger partial charge in [-0.05, 0) is 6.92 Å². The van der Waals surface area contributed by atoms with Crippen LogP contribution in [0, 0.1) is 0 Å². The van der Waals surface area contributed by atoms with Crippen LogP contribution in [0.3, 0.4) is 0 Å². The lowest BCUT2D eigenvalue weighted by atomic mass is 9.92. The second kappa shape index (κ2) is 22.0. The van der Waals surface area contributed by atoms with Crippen LogP contribution in [0.4, 0.5) is 0 Å². The van der Waals surface area contributed by atoms with Gasteiger partial charge in [-0.2, -0.15) is 0 Å². The first kappa shape index (κ1) is 51.0. The molecule has 25 atom stereocenters. The quantitative estimate of drug-likeness (QED) is 0.0725. The summed E-state index contributed by atoms with van der Waals surface area (Å²) in [7, 11) is 0. The molecule has 0 bridgehead atoms. The Bertz CT molecular complexity index is 1440. The molecule has 0 saturated carbocycles. The van der Waals surface area contributed by atoms with E-state index in [-0.39, 0.29) is 0 Å². The molecule has 0 radical (unpaired) electrons. The third-order valence-corrected chi connectivity index (χ3v) is 11.4. The molecule has 5 rings (SSSR count). The fraction of sp³-hybridized carbons (Fsp3) is 0.943. The highest BCUT2D eigenvalue weighted by atomic mass is 16.8. The third-order valence-electron chi connectivity index (χ3n) is 11.4. The molecule has 360 valence electrons. The zero-order valence-electron chi connectivity index (χ0n) is 33.7. The number of ether oxygens (including phenoxy) is 9. The molecule has 62 heavy (non-hydrogen) atoms. The minimum atomic E-state index is -2.16. The van der Waals surface area contributed by atoms with Crippen molar-refractivity contribution in [2.24, 2.45) is 0 Å². The highest BCUT2D eigenvalue weighted by molar-refractivity contribution is 5.73. The second-order valence-electron chi connectivity index (χ2n) is 15.8. The van der Waals surface area contributed by atoms with E-state index in [0.29, 0.717) is 0 Å². The molecular weight excluding hydrogens is 848 g/mol. The van der Waals surface area contributed by atoms with Gasteiger partial charge in [0.05, 0.1) is 45.2 Å². The minimum absolute atomic E-state index is 0.533. The van der Waals surface area contributed by atoms with Crippen LogP contribution >= 0.6 is 0 Å². The monoisotopic (exact) mass is 908 g/mol. The van der Waals surface area contributed by atoms with Gasteiger partial charge in [-0.1, -0.05) is 0 Å². The first-order chi connectivity index (χ1) is 29.3. The maximum atomic E-state index is 12.5. The summed E-state index contributed by atoms with van der Waals surface area (Å²) in [6.07, 6.45) is -40.1. The molecule has 27 heteroatoms. The summed E-state index contributed by atoms with van der Waals surface area (Å²) in [5.74, 6) is -1.29. The average molecular weight is 909 g/mol. The van der Waals surface area contributed by atoms with Gasteiger partial charge in [0.15, 0.2) is 25.2 Å². The molecular formula is C35H60N2O25. The van der Waals surface area contributed by atoms with Gasteiger partial charge in [0.1, 0.15) is 116 Å². The molecule has 5 aliphatic heterocycles. The van der Waals surface area contributed by atoms with Gasteiger partial charge in [-0.15, -0.1) is 0 Å². The Morgan fingerprint density at radius 2 is 0.839 bits per heavy atom. The van der Waals surface area contributed by atoms with Gasteiger partial charge in [0.2, 0.25) is 11.8 Å². The number of rotatable bonds is 15. The van der Waals surface area contributed by atoms with E-state index in [2.05, 4.69) is 10.6 Å². The predicted molar refractivity (Wildman–Crippen MR) is 193 cm³/mol. The topological polar surface area (TPSA) is 424 Å². The van der Waals surface area contributed by atoms with Gasteiger partial charge < -0.3 is 125 Å². The number of amides is 2. The summed E-state index contributed by atoms with van der Waals surface area (Å²) in [6.45, 7) is -0.399. The van der Waals surface area contributed by atoms with Crippen molar-refractivity contribution in [2.75, 3.05) is 33.0 Å². The number of hydrogen-bond donors (Lipinski definition) is 16. The molecule has 0 aromatic carbocycles. The van der Waals surface area contributed by atoms with Crippen LogP contribution < -0.4 is 10.6 Å². The van der Waals surface area contributed by atoms with E-state index >= 15 is 0 Å². The molecule has 17 unspecified atom stereocenters. The van der Waals surface area contributed by atoms with E-state index in [9.17, 15) is 81.1 Å². The molecule has 5 aliphatic rings. The molecule has 27 nitrogen and oxygen atoms in total. The Morgan fingerprint density at radius 1 is 0.435 bits per heavy atom. The van der Waals surface area contributed by atoms with Crippen molar-refractivity contribution in [3.63, 3.8) is 0 Å². The number of hydrogen-bond acceptors (Lipinski definition) is 25. The number of nitrogens with one attached hydrogen (secondary N) is 2. The fourth-order valence-corrected chi connectivity index (χ4v) is 7.98. The van der Waals surface area contributed by atoms with Crippen molar-refractivity contribution in [1.29, 1.82) is 0 Å². The lowest BCUT2D eigenvalue weighted by Crippen LogP contribution is -2.70. The van der Waals surface area contributed by atoms with Crippen molar-refractivity contribution in [3.05, 3.63) is 0 Å². The lowest BCUT2D eigenvalue weighted by Gasteiger charge is -2.50. The molecule has 5 fully saturated rings. The first-order valence-electron chi connectivity index (χ1n) is 19.9. The van der Waals surface area contributed by atoms with Crippen LogP contribution in [0.15, 0.2) is 0 Å².